The molecule has 336 valence electrons. The number of Topliss-reactive ketones (excluding diaryl/α,β-unsaturated/α-hetero) is 1. The van der Waals surface area contributed by atoms with Crippen LogP contribution in [-0.2, 0) is 57.0 Å². The van der Waals surface area contributed by atoms with Crippen molar-refractivity contribution in [3.05, 3.63) is 12.3 Å². The lowest BCUT2D eigenvalue weighted by atomic mass is 9.74. The highest BCUT2D eigenvalue weighted by molar-refractivity contribution is 5.83. The maximum absolute atomic E-state index is 14.3. The van der Waals surface area contributed by atoms with Gasteiger partial charge in [0, 0.05) is 38.4 Å². The van der Waals surface area contributed by atoms with Crippen molar-refractivity contribution in [2.75, 3.05) is 35.4 Å². The Morgan fingerprint density at radius 2 is 1.50 bits per heavy atom. The second kappa shape index (κ2) is 20.5. The first kappa shape index (κ1) is 50.1. The van der Waals surface area contributed by atoms with E-state index in [1.165, 1.54) is 34.5 Å². The first-order valence-electron chi connectivity index (χ1n) is 20.5. The predicted molar refractivity (Wildman–Crippen MR) is 211 cm³/mol. The zero-order chi connectivity index (χ0) is 44.1. The van der Waals surface area contributed by atoms with Crippen LogP contribution in [0.1, 0.15) is 94.9 Å². The molecule has 0 aromatic heterocycles. The van der Waals surface area contributed by atoms with E-state index in [-0.39, 0.29) is 37.2 Å². The third-order valence-electron chi connectivity index (χ3n) is 12.9. The molecule has 0 radical (unpaired) electrons. The fourth-order valence-corrected chi connectivity index (χ4v) is 8.97. The molecule has 3 N–H and O–H groups in total. The average Bonchev–Trinajstić information content (AvgIpc) is 3.18. The first-order valence-corrected chi connectivity index (χ1v) is 20.5. The Balaban J connectivity index is 2.28. The fourth-order valence-electron chi connectivity index (χ4n) is 8.97. The number of carbonyl (C=O) groups excluding carboxylic acids is 3. The number of aliphatic hydroxyl groups is 3. The monoisotopic (exact) mass is 831 g/mol. The number of likely N-dealkylation sites (N-methyl/N-ethyl adjacent to an activating group) is 1. The summed E-state index contributed by atoms with van der Waals surface area (Å²) in [5.74, 6) is -5.27. The van der Waals surface area contributed by atoms with Gasteiger partial charge in [-0.2, -0.15) is 0 Å². The van der Waals surface area contributed by atoms with Crippen LogP contribution in [0.15, 0.2) is 12.3 Å². The van der Waals surface area contributed by atoms with Gasteiger partial charge in [-0.1, -0.05) is 27.7 Å². The molecule has 3 saturated heterocycles. The number of esters is 2. The van der Waals surface area contributed by atoms with Crippen LogP contribution in [-0.4, -0.2) is 158 Å². The molecule has 0 bridgehead atoms. The van der Waals surface area contributed by atoms with Crippen molar-refractivity contribution >= 4 is 17.7 Å². The minimum Gasteiger partial charge on any atom is -0.491 e. The summed E-state index contributed by atoms with van der Waals surface area (Å²) in [6, 6.07) is -0.253. The number of ether oxygens (including phenoxy) is 9. The van der Waals surface area contributed by atoms with Gasteiger partial charge in [-0.05, 0) is 74.9 Å². The summed E-state index contributed by atoms with van der Waals surface area (Å²) >= 11 is 0. The van der Waals surface area contributed by atoms with Crippen LogP contribution in [0.5, 0.6) is 0 Å². The molecule has 0 unspecified atom stereocenters. The normalized spacial score (nSPS) is 45.1. The molecule has 18 atom stereocenters. The van der Waals surface area contributed by atoms with Crippen molar-refractivity contribution in [1.29, 1.82) is 0 Å². The van der Waals surface area contributed by atoms with Gasteiger partial charge >= 0.3 is 11.9 Å². The average molecular weight is 832 g/mol. The van der Waals surface area contributed by atoms with Crippen molar-refractivity contribution in [2.24, 2.45) is 23.7 Å². The SMILES string of the molecule is CC[C@H]1OC(=O)[C@H](C)[C@@H](O[C@H]2C[C@@](C)(OC)[C@@H](O)[C@H](C)O2)[C@H](C)[C@@H](O[C@@H]2O[C@H](C)C[C@H](N(C)C)[C@H]2O/C=C/C(=O)OC)[C@@](C)(OC)C[C@@H](C)C(=O)[C@H](C)[C@@H](O)[C@]1(C)O. The number of cyclic esters (lactones) is 1. The summed E-state index contributed by atoms with van der Waals surface area (Å²) in [6.07, 6.45) is -6.37. The van der Waals surface area contributed by atoms with Crippen molar-refractivity contribution < 1.29 is 72.3 Å². The van der Waals surface area contributed by atoms with E-state index >= 15 is 0 Å². The molecule has 0 aliphatic carbocycles. The van der Waals surface area contributed by atoms with Crippen molar-refractivity contribution in [1.82, 2.24) is 4.90 Å². The molecule has 16 nitrogen and oxygen atoms in total. The molecule has 0 amide bonds. The summed E-state index contributed by atoms with van der Waals surface area (Å²) < 4.78 is 55.7. The third kappa shape index (κ3) is 11.2. The molecule has 3 heterocycles. The number of hydrogen-bond donors (Lipinski definition) is 3. The molecule has 3 fully saturated rings. The lowest BCUT2D eigenvalue weighted by molar-refractivity contribution is -0.319. The summed E-state index contributed by atoms with van der Waals surface area (Å²) in [5.41, 5.74) is -4.35. The molecule has 0 spiro atoms. The Labute approximate surface area is 345 Å². The van der Waals surface area contributed by atoms with Crippen molar-refractivity contribution in [3.8, 4) is 0 Å². The van der Waals surface area contributed by atoms with E-state index in [0.29, 0.717) is 6.42 Å². The van der Waals surface area contributed by atoms with E-state index in [0.717, 1.165) is 6.08 Å². The maximum Gasteiger partial charge on any atom is 0.333 e. The van der Waals surface area contributed by atoms with E-state index < -0.39 is 108 Å². The molecule has 0 saturated carbocycles. The first-order chi connectivity index (χ1) is 26.9. The quantitative estimate of drug-likeness (QED) is 0.156. The Kier molecular flexibility index (Phi) is 17.7. The molecule has 0 aromatic carbocycles. The molecule has 3 aliphatic heterocycles. The van der Waals surface area contributed by atoms with Gasteiger partial charge in [0.25, 0.3) is 0 Å². The molecule has 3 aliphatic rings. The summed E-state index contributed by atoms with van der Waals surface area (Å²) in [5, 5.41) is 34.3. The molecular formula is C42H73NO15. The number of rotatable bonds is 11. The zero-order valence-electron chi connectivity index (χ0n) is 37.3. The second-order valence-corrected chi connectivity index (χ2v) is 17.6. The number of carbonyl (C=O) groups is 3. The van der Waals surface area contributed by atoms with Crippen LogP contribution in [0.4, 0.5) is 0 Å². The van der Waals surface area contributed by atoms with Crippen LogP contribution in [0.25, 0.3) is 0 Å². The Morgan fingerprint density at radius 3 is 2.05 bits per heavy atom. The molecule has 58 heavy (non-hydrogen) atoms. The van der Waals surface area contributed by atoms with E-state index in [1.54, 1.807) is 48.5 Å². The van der Waals surface area contributed by atoms with E-state index in [1.807, 2.05) is 32.8 Å². The summed E-state index contributed by atoms with van der Waals surface area (Å²) in [6.45, 7) is 17.0. The van der Waals surface area contributed by atoms with Crippen LogP contribution >= 0.6 is 0 Å². The van der Waals surface area contributed by atoms with E-state index in [4.69, 9.17) is 42.6 Å². The highest BCUT2D eigenvalue weighted by Gasteiger charge is 2.54. The van der Waals surface area contributed by atoms with E-state index in [2.05, 4.69) is 0 Å². The zero-order valence-corrected chi connectivity index (χ0v) is 37.3. The van der Waals surface area contributed by atoms with Gasteiger partial charge in [-0.3, -0.25) is 9.59 Å². The Morgan fingerprint density at radius 1 is 0.879 bits per heavy atom. The summed E-state index contributed by atoms with van der Waals surface area (Å²) in [4.78, 5) is 42.5. The van der Waals surface area contributed by atoms with Crippen molar-refractivity contribution in [3.63, 3.8) is 0 Å². The van der Waals surface area contributed by atoms with Gasteiger partial charge in [0.15, 0.2) is 18.7 Å². The molecule has 16 heteroatoms. The van der Waals surface area contributed by atoms with Gasteiger partial charge in [-0.15, -0.1) is 0 Å². The van der Waals surface area contributed by atoms with Crippen LogP contribution in [0.3, 0.4) is 0 Å². The largest absolute Gasteiger partial charge is 0.491 e. The van der Waals surface area contributed by atoms with Crippen LogP contribution in [0, 0.1) is 23.7 Å². The van der Waals surface area contributed by atoms with Crippen LogP contribution < -0.4 is 0 Å². The topological polar surface area (TPSA) is 198 Å². The Bertz CT molecular complexity index is 1390. The van der Waals surface area contributed by atoms with Gasteiger partial charge in [0.05, 0.1) is 73.1 Å². The van der Waals surface area contributed by atoms with E-state index in [9.17, 15) is 29.7 Å². The molecular weight excluding hydrogens is 758 g/mol. The van der Waals surface area contributed by atoms with Crippen molar-refractivity contribution in [2.45, 2.75) is 179 Å². The minimum absolute atomic E-state index is 0.0807. The molecule has 3 rings (SSSR count). The predicted octanol–water partition coefficient (Wildman–Crippen LogP) is 3.15. The number of nitrogens with zero attached hydrogens (tertiary/aromatic N) is 1. The minimum atomic E-state index is -1.99. The summed E-state index contributed by atoms with van der Waals surface area (Å²) in [7, 11) is 8.07. The lowest BCUT2D eigenvalue weighted by Crippen LogP contribution is -2.61. The third-order valence-corrected chi connectivity index (χ3v) is 12.9. The lowest BCUT2D eigenvalue weighted by Gasteiger charge is -2.50. The number of ketones is 1. The maximum atomic E-state index is 14.3. The fraction of sp³-hybridized carbons (Fsp3) is 0.881. The highest BCUT2D eigenvalue weighted by atomic mass is 16.7. The van der Waals surface area contributed by atoms with Gasteiger partial charge in [0.1, 0.15) is 23.6 Å². The van der Waals surface area contributed by atoms with Gasteiger partial charge in [0.2, 0.25) is 0 Å². The Hall–Kier alpha value is -2.25. The number of hydrogen-bond acceptors (Lipinski definition) is 16. The van der Waals surface area contributed by atoms with Gasteiger partial charge < -0.3 is 62.9 Å². The molecule has 0 aromatic rings. The standard InChI is InChI=1S/C42H73NO15/c1-16-29-42(10,49)35(46)24(4)32(45)22(2)20-41(9,52-15)37(58-39-34(53-18-17-30(44)50-13)28(43(11)12)19-23(3)54-39)25(5)33(26(6)38(48)56-29)57-31-21-40(8,51-14)36(47)27(7)55-31/h17-18,22-29,31,33-37,39,46-47,49H,16,19-21H2,1-15H3/b18-17+/t22-,23-,24+,25+,26-,27+,28+,29-,31+,33+,34-,35-,36+,37-,39+,40-,41+,42-/m1/s1. The number of methoxy groups -OCH3 is 3. The number of aliphatic hydroxyl groups excluding tert-OH is 2. The highest BCUT2D eigenvalue weighted by Crippen LogP contribution is 2.42. The van der Waals surface area contributed by atoms with Crippen LogP contribution in [0.2, 0.25) is 0 Å². The smallest absolute Gasteiger partial charge is 0.333 e. The second-order valence-electron chi connectivity index (χ2n) is 17.6. The van der Waals surface area contributed by atoms with Gasteiger partial charge in [-0.25, -0.2) is 4.79 Å².